The zero-order valence-corrected chi connectivity index (χ0v) is 11.7. The highest BCUT2D eigenvalue weighted by molar-refractivity contribution is 7.99. The molecule has 0 radical (unpaired) electrons. The lowest BCUT2D eigenvalue weighted by atomic mass is 10.0. The third-order valence-corrected chi connectivity index (χ3v) is 3.62. The van der Waals surface area contributed by atoms with Gasteiger partial charge in [0.15, 0.2) is 0 Å². The lowest BCUT2D eigenvalue weighted by Crippen LogP contribution is -2.12. The average molecular weight is 254 g/mol. The second-order valence-electron chi connectivity index (χ2n) is 4.16. The highest BCUT2D eigenvalue weighted by Gasteiger charge is 2.10. The molecule has 0 saturated carbocycles. The number of hydrogen-bond donors (Lipinski definition) is 1. The van der Waals surface area contributed by atoms with Gasteiger partial charge in [-0.25, -0.2) is 0 Å². The van der Waals surface area contributed by atoms with E-state index in [0.717, 1.165) is 29.2 Å². The summed E-state index contributed by atoms with van der Waals surface area (Å²) in [6.07, 6.45) is 1.25. The van der Waals surface area contributed by atoms with Crippen molar-refractivity contribution in [3.63, 3.8) is 0 Å². The van der Waals surface area contributed by atoms with Crippen molar-refractivity contribution in [2.24, 2.45) is 0 Å². The summed E-state index contributed by atoms with van der Waals surface area (Å²) in [6, 6.07) is 6.09. The number of aryl methyl sites for hydroxylation is 1. The van der Waals surface area contributed by atoms with Crippen molar-refractivity contribution < 1.29 is 9.84 Å². The van der Waals surface area contributed by atoms with Gasteiger partial charge in [0.05, 0.1) is 13.2 Å². The molecule has 0 heterocycles. The van der Waals surface area contributed by atoms with Gasteiger partial charge in [-0.2, -0.15) is 11.8 Å². The van der Waals surface area contributed by atoms with Crippen molar-refractivity contribution in [1.82, 2.24) is 0 Å². The molecule has 1 unspecified atom stereocenters. The quantitative estimate of drug-likeness (QED) is 0.758. The van der Waals surface area contributed by atoms with Gasteiger partial charge in [0, 0.05) is 6.42 Å². The molecule has 0 fully saturated rings. The number of rotatable bonds is 7. The van der Waals surface area contributed by atoms with Crippen LogP contribution in [0.3, 0.4) is 0 Å². The number of hydrogen-bond acceptors (Lipinski definition) is 3. The van der Waals surface area contributed by atoms with E-state index in [1.165, 1.54) is 5.56 Å². The van der Waals surface area contributed by atoms with Crippen molar-refractivity contribution in [1.29, 1.82) is 0 Å². The summed E-state index contributed by atoms with van der Waals surface area (Å²) < 4.78 is 5.31. The Kier molecular flexibility index (Phi) is 6.45. The van der Waals surface area contributed by atoms with E-state index in [0.29, 0.717) is 6.42 Å². The first-order valence-corrected chi connectivity index (χ1v) is 7.22. The molecular weight excluding hydrogens is 232 g/mol. The Morgan fingerprint density at radius 1 is 1.41 bits per heavy atom. The van der Waals surface area contributed by atoms with Crippen LogP contribution < -0.4 is 4.74 Å². The maximum absolute atomic E-state index is 9.97. The maximum Gasteiger partial charge on any atom is 0.122 e. The van der Waals surface area contributed by atoms with Gasteiger partial charge in [-0.3, -0.25) is 0 Å². The Hall–Kier alpha value is -0.670. The molecule has 0 amide bonds. The van der Waals surface area contributed by atoms with E-state index >= 15 is 0 Å². The van der Waals surface area contributed by atoms with Gasteiger partial charge in [-0.05, 0) is 36.5 Å². The number of benzene rings is 1. The molecule has 0 aliphatic heterocycles. The van der Waals surface area contributed by atoms with E-state index in [2.05, 4.69) is 19.9 Å². The first-order chi connectivity index (χ1) is 8.17. The minimum absolute atomic E-state index is 0.273. The summed E-state index contributed by atoms with van der Waals surface area (Å²) >= 11 is 1.87. The molecule has 2 nitrogen and oxygen atoms in total. The third-order valence-electron chi connectivity index (χ3n) is 2.69. The van der Waals surface area contributed by atoms with Crippen LogP contribution in [0.5, 0.6) is 5.75 Å². The Bertz CT molecular complexity index is 339. The van der Waals surface area contributed by atoms with Gasteiger partial charge < -0.3 is 9.84 Å². The molecule has 0 bridgehead atoms. The zero-order valence-electron chi connectivity index (χ0n) is 10.9. The van der Waals surface area contributed by atoms with E-state index in [-0.39, 0.29) is 6.10 Å². The molecule has 17 heavy (non-hydrogen) atoms. The molecule has 1 atom stereocenters. The molecule has 3 heteroatoms. The molecule has 0 saturated heterocycles. The molecule has 1 N–H and O–H groups in total. The van der Waals surface area contributed by atoms with Gasteiger partial charge in [0.25, 0.3) is 0 Å². The van der Waals surface area contributed by atoms with Crippen LogP contribution in [0, 0.1) is 6.92 Å². The van der Waals surface area contributed by atoms with E-state index in [9.17, 15) is 5.11 Å². The van der Waals surface area contributed by atoms with E-state index in [1.807, 2.05) is 23.9 Å². The van der Waals surface area contributed by atoms with Crippen LogP contribution in [0.4, 0.5) is 0 Å². The van der Waals surface area contributed by atoms with Crippen LogP contribution in [0.15, 0.2) is 18.2 Å². The molecule has 96 valence electrons. The summed E-state index contributed by atoms with van der Waals surface area (Å²) in [7, 11) is 1.67. The molecular formula is C14H22O2S. The number of thioether (sulfide) groups is 1. The summed E-state index contributed by atoms with van der Waals surface area (Å²) in [6.45, 7) is 4.20. The van der Waals surface area contributed by atoms with Crippen LogP contribution in [0.1, 0.15) is 24.5 Å². The molecule has 1 aromatic carbocycles. The molecule has 0 aromatic heterocycles. The van der Waals surface area contributed by atoms with Crippen LogP contribution in [-0.2, 0) is 6.42 Å². The Morgan fingerprint density at radius 2 is 2.18 bits per heavy atom. The molecule has 1 rings (SSSR count). The van der Waals surface area contributed by atoms with Gasteiger partial charge in [0.1, 0.15) is 5.75 Å². The normalized spacial score (nSPS) is 12.5. The molecule has 0 aliphatic rings. The van der Waals surface area contributed by atoms with E-state index < -0.39 is 0 Å². The zero-order chi connectivity index (χ0) is 12.7. The smallest absolute Gasteiger partial charge is 0.122 e. The first-order valence-electron chi connectivity index (χ1n) is 6.06. The molecule has 0 aliphatic carbocycles. The fourth-order valence-corrected chi connectivity index (χ4v) is 2.51. The van der Waals surface area contributed by atoms with Gasteiger partial charge in [0.2, 0.25) is 0 Å². The van der Waals surface area contributed by atoms with Crippen LogP contribution in [-0.4, -0.2) is 29.8 Å². The van der Waals surface area contributed by atoms with Crippen molar-refractivity contribution in [2.75, 3.05) is 18.6 Å². The predicted molar refractivity (Wildman–Crippen MR) is 75.1 cm³/mol. The standard InChI is InChI=1S/C14H22O2S/c1-4-17-8-7-13(15)10-12-9-11(2)5-6-14(12)16-3/h5-6,9,13,15H,4,7-8,10H2,1-3H3. The maximum atomic E-state index is 9.97. The van der Waals surface area contributed by atoms with Crippen molar-refractivity contribution >= 4 is 11.8 Å². The van der Waals surface area contributed by atoms with Crippen molar-refractivity contribution in [3.8, 4) is 5.75 Å². The number of aliphatic hydroxyl groups is 1. The monoisotopic (exact) mass is 254 g/mol. The third kappa shape index (κ3) is 5.00. The number of aliphatic hydroxyl groups excluding tert-OH is 1. The average Bonchev–Trinajstić information content (AvgIpc) is 2.29. The summed E-state index contributed by atoms with van der Waals surface area (Å²) in [5.74, 6) is 3.00. The minimum Gasteiger partial charge on any atom is -0.496 e. The number of methoxy groups -OCH3 is 1. The van der Waals surface area contributed by atoms with Gasteiger partial charge in [-0.1, -0.05) is 24.6 Å². The fraction of sp³-hybridized carbons (Fsp3) is 0.571. The van der Waals surface area contributed by atoms with Gasteiger partial charge in [-0.15, -0.1) is 0 Å². The van der Waals surface area contributed by atoms with Crippen LogP contribution in [0.25, 0.3) is 0 Å². The highest BCUT2D eigenvalue weighted by atomic mass is 32.2. The highest BCUT2D eigenvalue weighted by Crippen LogP contribution is 2.22. The summed E-state index contributed by atoms with van der Waals surface area (Å²) in [4.78, 5) is 0. The lowest BCUT2D eigenvalue weighted by molar-refractivity contribution is 0.171. The summed E-state index contributed by atoms with van der Waals surface area (Å²) in [5.41, 5.74) is 2.30. The van der Waals surface area contributed by atoms with Gasteiger partial charge >= 0.3 is 0 Å². The fourth-order valence-electron chi connectivity index (χ4n) is 1.79. The van der Waals surface area contributed by atoms with E-state index in [1.54, 1.807) is 7.11 Å². The minimum atomic E-state index is -0.273. The second kappa shape index (κ2) is 7.62. The van der Waals surface area contributed by atoms with Crippen LogP contribution in [0.2, 0.25) is 0 Å². The largest absolute Gasteiger partial charge is 0.496 e. The predicted octanol–water partition coefficient (Wildman–Crippen LogP) is 3.05. The van der Waals surface area contributed by atoms with Crippen molar-refractivity contribution in [3.05, 3.63) is 29.3 Å². The lowest BCUT2D eigenvalue weighted by Gasteiger charge is -2.13. The SMILES string of the molecule is CCSCCC(O)Cc1cc(C)ccc1OC. The topological polar surface area (TPSA) is 29.5 Å². The van der Waals surface area contributed by atoms with Crippen LogP contribution >= 0.6 is 11.8 Å². The van der Waals surface area contributed by atoms with E-state index in [4.69, 9.17) is 4.74 Å². The first kappa shape index (κ1) is 14.4. The van der Waals surface area contributed by atoms with Crippen molar-refractivity contribution in [2.45, 2.75) is 32.8 Å². The second-order valence-corrected chi connectivity index (χ2v) is 5.55. The Labute approximate surface area is 108 Å². The number of ether oxygens (including phenoxy) is 1. The Balaban J connectivity index is 2.57. The molecule has 1 aromatic rings. The summed E-state index contributed by atoms with van der Waals surface area (Å²) in [5, 5.41) is 9.97. The molecule has 0 spiro atoms. The Morgan fingerprint density at radius 3 is 2.82 bits per heavy atom.